The summed E-state index contributed by atoms with van der Waals surface area (Å²) in [6, 6.07) is 2.73. The molecule has 1 aromatic rings. The fourth-order valence-electron chi connectivity index (χ4n) is 2.35. The predicted octanol–water partition coefficient (Wildman–Crippen LogP) is 4.23. The topological polar surface area (TPSA) is 15.3 Å². The van der Waals surface area contributed by atoms with Gasteiger partial charge in [0, 0.05) is 30.7 Å². The van der Waals surface area contributed by atoms with Crippen molar-refractivity contribution < 1.29 is 17.6 Å². The lowest BCUT2D eigenvalue weighted by molar-refractivity contribution is -0.137. The van der Waals surface area contributed by atoms with Crippen LogP contribution in [0.2, 0.25) is 0 Å². The normalized spacial score (nSPS) is 17.3. The van der Waals surface area contributed by atoms with E-state index in [1.807, 2.05) is 4.90 Å². The number of nitrogens with one attached hydrogen (secondary N) is 1. The van der Waals surface area contributed by atoms with Crippen LogP contribution in [0, 0.1) is 0 Å². The molecule has 0 radical (unpaired) electrons. The molecule has 1 saturated heterocycles. The molecule has 0 saturated carbocycles. The molecule has 2 nitrogen and oxygen atoms in total. The molecule has 0 bridgehead atoms. The number of hydrogen-bond donors (Lipinski definition) is 1. The molecule has 22 heavy (non-hydrogen) atoms. The number of benzene rings is 1. The summed E-state index contributed by atoms with van der Waals surface area (Å²) in [5, 5.41) is 3.14. The summed E-state index contributed by atoms with van der Waals surface area (Å²) < 4.78 is 52.2. The number of piperazine rings is 1. The Morgan fingerprint density at radius 3 is 2.27 bits per heavy atom. The highest BCUT2D eigenvalue weighted by molar-refractivity contribution is 9.10. The minimum absolute atomic E-state index is 0. The summed E-state index contributed by atoms with van der Waals surface area (Å²) in [5.41, 5.74) is -0.395. The van der Waals surface area contributed by atoms with E-state index in [0.717, 1.165) is 12.1 Å². The molecule has 0 spiro atoms. The SMILES string of the molecule is Cl.Cl.FC[C@H](c1cc(C(F)(F)F)ccc1Br)N1CCNCC1. The highest BCUT2D eigenvalue weighted by atomic mass is 79.9. The maximum Gasteiger partial charge on any atom is 0.416 e. The van der Waals surface area contributed by atoms with Crippen molar-refractivity contribution in [1.29, 1.82) is 0 Å². The fraction of sp³-hybridized carbons (Fsp3) is 0.538. The monoisotopic (exact) mass is 426 g/mol. The molecule has 1 aliphatic heterocycles. The Balaban J connectivity index is 0.00000220. The largest absolute Gasteiger partial charge is 0.416 e. The Labute approximate surface area is 147 Å². The van der Waals surface area contributed by atoms with Gasteiger partial charge >= 0.3 is 6.18 Å². The summed E-state index contributed by atoms with van der Waals surface area (Å²) >= 11 is 3.23. The molecule has 1 N–H and O–H groups in total. The minimum atomic E-state index is -4.42. The average molecular weight is 428 g/mol. The second kappa shape index (κ2) is 9.27. The molecule has 1 aromatic carbocycles. The molecule has 0 aliphatic carbocycles. The van der Waals surface area contributed by atoms with Crippen LogP contribution in [0.4, 0.5) is 17.6 Å². The summed E-state index contributed by atoms with van der Waals surface area (Å²) in [6.45, 7) is 1.97. The molecule has 1 aliphatic rings. The first kappa shape index (κ1) is 21.9. The van der Waals surface area contributed by atoms with E-state index < -0.39 is 24.5 Å². The molecule has 128 valence electrons. The average Bonchev–Trinajstić information content (AvgIpc) is 2.41. The molecule has 1 fully saturated rings. The van der Waals surface area contributed by atoms with Crippen molar-refractivity contribution >= 4 is 40.7 Å². The summed E-state index contributed by atoms with van der Waals surface area (Å²) in [4.78, 5) is 1.87. The van der Waals surface area contributed by atoms with Crippen LogP contribution >= 0.6 is 40.7 Å². The molecular formula is C13H17BrCl2F4N2. The molecular weight excluding hydrogens is 411 g/mol. The summed E-state index contributed by atoms with van der Waals surface area (Å²) in [7, 11) is 0. The first-order chi connectivity index (χ1) is 9.43. The number of alkyl halides is 4. The van der Waals surface area contributed by atoms with Crippen molar-refractivity contribution in [3.8, 4) is 0 Å². The van der Waals surface area contributed by atoms with Crippen molar-refractivity contribution in [2.24, 2.45) is 0 Å². The van der Waals surface area contributed by atoms with E-state index in [9.17, 15) is 17.6 Å². The van der Waals surface area contributed by atoms with Crippen LogP contribution in [-0.2, 0) is 6.18 Å². The number of nitrogens with zero attached hydrogens (tertiary/aromatic N) is 1. The zero-order chi connectivity index (χ0) is 14.8. The third-order valence-corrected chi connectivity index (χ3v) is 4.14. The van der Waals surface area contributed by atoms with E-state index in [1.165, 1.54) is 6.07 Å². The van der Waals surface area contributed by atoms with E-state index in [2.05, 4.69) is 21.2 Å². The first-order valence-corrected chi connectivity index (χ1v) is 7.10. The van der Waals surface area contributed by atoms with E-state index in [4.69, 9.17) is 0 Å². The number of halogens is 7. The third kappa shape index (κ3) is 5.23. The van der Waals surface area contributed by atoms with E-state index >= 15 is 0 Å². The Hall–Kier alpha value is -0.0800. The number of hydrogen-bond acceptors (Lipinski definition) is 2. The Morgan fingerprint density at radius 1 is 1.18 bits per heavy atom. The lowest BCUT2D eigenvalue weighted by Gasteiger charge is -2.34. The van der Waals surface area contributed by atoms with Gasteiger partial charge in [-0.15, -0.1) is 24.8 Å². The van der Waals surface area contributed by atoms with Crippen molar-refractivity contribution in [1.82, 2.24) is 10.2 Å². The smallest absolute Gasteiger partial charge is 0.314 e. The fourth-order valence-corrected chi connectivity index (χ4v) is 2.86. The van der Waals surface area contributed by atoms with Gasteiger partial charge in [-0.2, -0.15) is 13.2 Å². The van der Waals surface area contributed by atoms with Gasteiger partial charge in [0.2, 0.25) is 0 Å². The van der Waals surface area contributed by atoms with Crippen LogP contribution in [0.1, 0.15) is 17.2 Å². The van der Waals surface area contributed by atoms with Gasteiger partial charge in [0.15, 0.2) is 0 Å². The molecule has 1 heterocycles. The molecule has 2 rings (SSSR count). The van der Waals surface area contributed by atoms with Crippen LogP contribution in [0.15, 0.2) is 22.7 Å². The summed E-state index contributed by atoms with van der Waals surface area (Å²) in [5.74, 6) is 0. The predicted molar refractivity (Wildman–Crippen MR) is 86.8 cm³/mol. The van der Waals surface area contributed by atoms with Crippen LogP contribution in [-0.4, -0.2) is 37.8 Å². The van der Waals surface area contributed by atoms with E-state index in [1.54, 1.807) is 0 Å². The van der Waals surface area contributed by atoms with Gasteiger partial charge in [-0.1, -0.05) is 15.9 Å². The van der Waals surface area contributed by atoms with E-state index in [0.29, 0.717) is 36.2 Å². The Bertz CT molecular complexity index is 468. The molecule has 0 unspecified atom stereocenters. The van der Waals surface area contributed by atoms with Crippen LogP contribution in [0.5, 0.6) is 0 Å². The second-order valence-electron chi connectivity index (χ2n) is 4.69. The van der Waals surface area contributed by atoms with Gasteiger partial charge in [-0.25, -0.2) is 4.39 Å². The van der Waals surface area contributed by atoms with Gasteiger partial charge in [0.1, 0.15) is 6.67 Å². The highest BCUT2D eigenvalue weighted by Crippen LogP contribution is 2.35. The molecule has 1 atom stereocenters. The second-order valence-corrected chi connectivity index (χ2v) is 5.54. The van der Waals surface area contributed by atoms with Crippen molar-refractivity contribution in [2.45, 2.75) is 12.2 Å². The van der Waals surface area contributed by atoms with Crippen molar-refractivity contribution in [2.75, 3.05) is 32.9 Å². The van der Waals surface area contributed by atoms with Gasteiger partial charge in [-0.05, 0) is 23.8 Å². The molecule has 0 amide bonds. The Morgan fingerprint density at radius 2 is 1.77 bits per heavy atom. The van der Waals surface area contributed by atoms with E-state index in [-0.39, 0.29) is 24.8 Å². The lowest BCUT2D eigenvalue weighted by Crippen LogP contribution is -2.45. The van der Waals surface area contributed by atoms with Crippen molar-refractivity contribution in [3.05, 3.63) is 33.8 Å². The maximum atomic E-state index is 13.4. The molecule has 0 aromatic heterocycles. The molecule has 9 heteroatoms. The zero-order valence-corrected chi connectivity index (χ0v) is 14.7. The van der Waals surface area contributed by atoms with Crippen LogP contribution in [0.25, 0.3) is 0 Å². The zero-order valence-electron chi connectivity index (χ0n) is 11.5. The standard InChI is InChI=1S/C13H15BrF4N2.2ClH/c14-11-2-1-9(13(16,17)18)7-10(11)12(8-15)20-5-3-19-4-6-20;;/h1-2,7,12,19H,3-6,8H2;2*1H/t12-;;/m1../s1. The Kier molecular flexibility index (Phi) is 9.24. The van der Waals surface area contributed by atoms with Gasteiger partial charge in [0.25, 0.3) is 0 Å². The minimum Gasteiger partial charge on any atom is -0.314 e. The third-order valence-electron chi connectivity index (χ3n) is 3.42. The van der Waals surface area contributed by atoms with Crippen LogP contribution < -0.4 is 5.32 Å². The maximum absolute atomic E-state index is 13.4. The summed E-state index contributed by atoms with van der Waals surface area (Å²) in [6.07, 6.45) is -4.42. The van der Waals surface area contributed by atoms with Gasteiger partial charge < -0.3 is 5.32 Å². The van der Waals surface area contributed by atoms with Gasteiger partial charge in [0.05, 0.1) is 11.6 Å². The van der Waals surface area contributed by atoms with Crippen LogP contribution in [0.3, 0.4) is 0 Å². The van der Waals surface area contributed by atoms with Crippen molar-refractivity contribution in [3.63, 3.8) is 0 Å². The highest BCUT2D eigenvalue weighted by Gasteiger charge is 2.32. The lowest BCUT2D eigenvalue weighted by atomic mass is 10.0. The first-order valence-electron chi connectivity index (χ1n) is 6.31. The number of rotatable bonds is 3. The van der Waals surface area contributed by atoms with Gasteiger partial charge in [-0.3, -0.25) is 4.90 Å². The quantitative estimate of drug-likeness (QED) is 0.726.